The third kappa shape index (κ3) is 3.64. The number of rotatable bonds is 6. The van der Waals surface area contributed by atoms with E-state index in [2.05, 4.69) is 6.58 Å². The quantitative estimate of drug-likeness (QED) is 0.588. The highest BCUT2D eigenvalue weighted by atomic mass is 16.6. The van der Waals surface area contributed by atoms with E-state index in [9.17, 15) is 9.90 Å². The Balaban J connectivity index is 1.76. The van der Waals surface area contributed by atoms with Gasteiger partial charge in [0, 0.05) is 17.9 Å². The third-order valence-corrected chi connectivity index (χ3v) is 6.26. The van der Waals surface area contributed by atoms with Crippen LogP contribution in [0, 0.1) is 5.92 Å². The summed E-state index contributed by atoms with van der Waals surface area (Å²) in [4.78, 5) is 12.0. The Labute approximate surface area is 150 Å². The lowest BCUT2D eigenvalue weighted by Crippen LogP contribution is -2.52. The van der Waals surface area contributed by atoms with Crippen LogP contribution in [0.4, 0.5) is 0 Å². The van der Waals surface area contributed by atoms with Crippen LogP contribution in [0.25, 0.3) is 0 Å². The fraction of sp³-hybridized carbons (Fsp3) is 0.850. The van der Waals surface area contributed by atoms with E-state index < -0.39 is 5.60 Å². The molecule has 5 unspecified atom stereocenters. The van der Waals surface area contributed by atoms with Gasteiger partial charge in [-0.2, -0.15) is 0 Å². The molecule has 2 heterocycles. The van der Waals surface area contributed by atoms with Gasteiger partial charge in [-0.25, -0.2) is 4.79 Å². The maximum Gasteiger partial charge on any atom is 0.333 e. The first-order valence-corrected chi connectivity index (χ1v) is 9.54. The molecule has 0 aromatic rings. The number of fused-ring (bicyclic) bond motifs is 2. The average molecular weight is 352 g/mol. The summed E-state index contributed by atoms with van der Waals surface area (Å²) < 4.78 is 18.3. The molecule has 0 radical (unpaired) electrons. The summed E-state index contributed by atoms with van der Waals surface area (Å²) in [5, 5.41) is 10.3. The predicted molar refractivity (Wildman–Crippen MR) is 94.1 cm³/mol. The van der Waals surface area contributed by atoms with E-state index in [4.69, 9.17) is 14.2 Å². The summed E-state index contributed by atoms with van der Waals surface area (Å²) in [5.74, 6) is -0.132. The second-order valence-electron chi connectivity index (χ2n) is 8.71. The van der Waals surface area contributed by atoms with Gasteiger partial charge in [0.2, 0.25) is 0 Å². The van der Waals surface area contributed by atoms with Crippen LogP contribution >= 0.6 is 0 Å². The number of esters is 1. The van der Waals surface area contributed by atoms with Crippen molar-refractivity contribution in [3.05, 3.63) is 12.2 Å². The van der Waals surface area contributed by atoms with E-state index in [0.29, 0.717) is 5.57 Å². The SMILES string of the molecule is C=C(C)C(=O)OC1CC2CC(C3(OC(C)C(C)(C)O)CCCC3)C1O2. The van der Waals surface area contributed by atoms with Gasteiger partial charge in [0.1, 0.15) is 12.2 Å². The molecule has 2 saturated heterocycles. The van der Waals surface area contributed by atoms with Crippen molar-refractivity contribution in [2.75, 3.05) is 0 Å². The van der Waals surface area contributed by atoms with Crippen molar-refractivity contribution in [3.8, 4) is 0 Å². The standard InChI is InChI=1S/C20H32O5/c1-12(2)18(21)24-16-11-14-10-15(17(16)23-14)20(8-6-7-9-20)25-13(3)19(4,5)22/h13-17,22H,1,6-11H2,2-5H3. The monoisotopic (exact) mass is 352 g/mol. The summed E-state index contributed by atoms with van der Waals surface area (Å²) in [5.41, 5.74) is -0.755. The molecule has 3 rings (SSSR count). The number of ether oxygens (including phenoxy) is 3. The fourth-order valence-corrected chi connectivity index (χ4v) is 4.59. The summed E-state index contributed by atoms with van der Waals surface area (Å²) in [6, 6.07) is 0. The second-order valence-corrected chi connectivity index (χ2v) is 8.71. The van der Waals surface area contributed by atoms with Crippen LogP contribution in [0.3, 0.4) is 0 Å². The normalized spacial score (nSPS) is 34.9. The maximum absolute atomic E-state index is 12.0. The zero-order valence-corrected chi connectivity index (χ0v) is 15.9. The molecule has 0 aromatic carbocycles. The largest absolute Gasteiger partial charge is 0.456 e. The Morgan fingerprint density at radius 2 is 1.96 bits per heavy atom. The lowest BCUT2D eigenvalue weighted by Gasteiger charge is -2.44. The van der Waals surface area contributed by atoms with Gasteiger partial charge in [-0.3, -0.25) is 0 Å². The van der Waals surface area contributed by atoms with Crippen LogP contribution in [-0.2, 0) is 19.0 Å². The molecule has 0 spiro atoms. The summed E-state index contributed by atoms with van der Waals surface area (Å²) in [7, 11) is 0. The van der Waals surface area contributed by atoms with Crippen LogP contribution in [0.1, 0.15) is 66.2 Å². The minimum absolute atomic E-state index is 0.111. The molecule has 25 heavy (non-hydrogen) atoms. The average Bonchev–Trinajstić information content (AvgIpc) is 3.21. The number of carbonyl (C=O) groups excluding carboxylic acids is 1. The van der Waals surface area contributed by atoms with Crippen LogP contribution < -0.4 is 0 Å². The first-order valence-electron chi connectivity index (χ1n) is 9.54. The molecule has 0 aromatic heterocycles. The summed E-state index contributed by atoms with van der Waals surface area (Å²) in [6.07, 6.45) is 5.47. The van der Waals surface area contributed by atoms with E-state index in [1.807, 2.05) is 6.92 Å². The molecular weight excluding hydrogens is 320 g/mol. The Kier molecular flexibility index (Phi) is 5.04. The summed E-state index contributed by atoms with van der Waals surface area (Å²) >= 11 is 0. The Hall–Kier alpha value is -0.910. The number of hydrogen-bond donors (Lipinski definition) is 1. The van der Waals surface area contributed by atoms with Crippen LogP contribution in [-0.4, -0.2) is 46.7 Å². The Morgan fingerprint density at radius 1 is 1.32 bits per heavy atom. The van der Waals surface area contributed by atoms with Gasteiger partial charge in [-0.05, 0) is 47.0 Å². The molecule has 3 fully saturated rings. The van der Waals surface area contributed by atoms with Crippen molar-refractivity contribution in [2.24, 2.45) is 5.92 Å². The molecule has 1 aliphatic carbocycles. The van der Waals surface area contributed by atoms with Gasteiger partial charge in [0.25, 0.3) is 0 Å². The molecule has 1 saturated carbocycles. The summed E-state index contributed by atoms with van der Waals surface area (Å²) in [6.45, 7) is 10.8. The van der Waals surface area contributed by atoms with Gasteiger partial charge in [0.15, 0.2) is 0 Å². The highest BCUT2D eigenvalue weighted by molar-refractivity contribution is 5.87. The Morgan fingerprint density at radius 3 is 2.48 bits per heavy atom. The Bertz CT molecular complexity index is 529. The van der Waals surface area contributed by atoms with Gasteiger partial charge in [-0.1, -0.05) is 19.4 Å². The number of carbonyl (C=O) groups is 1. The molecular formula is C20H32O5. The fourth-order valence-electron chi connectivity index (χ4n) is 4.59. The van der Waals surface area contributed by atoms with Crippen LogP contribution in [0.5, 0.6) is 0 Å². The molecule has 0 amide bonds. The van der Waals surface area contributed by atoms with Crippen molar-refractivity contribution >= 4 is 5.97 Å². The van der Waals surface area contributed by atoms with Gasteiger partial charge in [-0.15, -0.1) is 0 Å². The topological polar surface area (TPSA) is 65.0 Å². The first kappa shape index (κ1) is 18.9. The minimum Gasteiger partial charge on any atom is -0.456 e. The lowest BCUT2D eigenvalue weighted by atomic mass is 9.74. The molecule has 2 bridgehead atoms. The maximum atomic E-state index is 12.0. The lowest BCUT2D eigenvalue weighted by molar-refractivity contribution is -0.190. The van der Waals surface area contributed by atoms with Crippen molar-refractivity contribution in [1.82, 2.24) is 0 Å². The van der Waals surface area contributed by atoms with E-state index in [-0.39, 0.29) is 41.9 Å². The minimum atomic E-state index is -0.889. The first-order chi connectivity index (χ1) is 11.6. The van der Waals surface area contributed by atoms with E-state index in [0.717, 1.165) is 38.5 Å². The highest BCUT2D eigenvalue weighted by Crippen LogP contribution is 2.52. The van der Waals surface area contributed by atoms with Gasteiger partial charge >= 0.3 is 5.97 Å². The van der Waals surface area contributed by atoms with E-state index in [1.165, 1.54) is 0 Å². The van der Waals surface area contributed by atoms with Crippen molar-refractivity contribution in [2.45, 2.75) is 102 Å². The number of aliphatic hydroxyl groups is 1. The van der Waals surface area contributed by atoms with Crippen molar-refractivity contribution < 1.29 is 24.1 Å². The van der Waals surface area contributed by atoms with Crippen LogP contribution in [0.15, 0.2) is 12.2 Å². The van der Waals surface area contributed by atoms with Crippen LogP contribution in [0.2, 0.25) is 0 Å². The molecule has 5 atom stereocenters. The van der Waals surface area contributed by atoms with Gasteiger partial charge < -0.3 is 19.3 Å². The van der Waals surface area contributed by atoms with E-state index in [1.54, 1.807) is 20.8 Å². The zero-order valence-electron chi connectivity index (χ0n) is 15.9. The van der Waals surface area contributed by atoms with Gasteiger partial charge in [0.05, 0.1) is 23.4 Å². The predicted octanol–water partition coefficient (Wildman–Crippen LogP) is 3.14. The molecule has 5 nitrogen and oxygen atoms in total. The van der Waals surface area contributed by atoms with E-state index >= 15 is 0 Å². The molecule has 5 heteroatoms. The third-order valence-electron chi connectivity index (χ3n) is 6.26. The molecule has 2 aliphatic heterocycles. The number of hydrogen-bond acceptors (Lipinski definition) is 5. The van der Waals surface area contributed by atoms with Crippen molar-refractivity contribution in [1.29, 1.82) is 0 Å². The smallest absolute Gasteiger partial charge is 0.333 e. The van der Waals surface area contributed by atoms with Crippen molar-refractivity contribution in [3.63, 3.8) is 0 Å². The zero-order chi connectivity index (χ0) is 18.4. The molecule has 1 N–H and O–H groups in total. The molecule has 3 aliphatic rings. The second kappa shape index (κ2) is 6.67. The molecule has 142 valence electrons. The highest BCUT2D eigenvalue weighted by Gasteiger charge is 2.59.